The van der Waals surface area contributed by atoms with Crippen molar-refractivity contribution in [1.29, 1.82) is 0 Å². The van der Waals surface area contributed by atoms with Gasteiger partial charge in [0.15, 0.2) is 5.82 Å². The lowest BCUT2D eigenvalue weighted by atomic mass is 10.2. The molecule has 1 heterocycles. The van der Waals surface area contributed by atoms with Gasteiger partial charge in [0, 0.05) is 18.3 Å². The fourth-order valence-electron chi connectivity index (χ4n) is 1.68. The van der Waals surface area contributed by atoms with Gasteiger partial charge in [-0.2, -0.15) is 4.98 Å². The molecule has 2 N–H and O–H groups in total. The first-order valence-electron chi connectivity index (χ1n) is 5.96. The molecule has 0 atom stereocenters. The SMILES string of the molecule is CC(=O)Nc1ccc(C)c(NCc2nc(C)no2)c1. The standard InChI is InChI=1S/C13H16N4O2/c1-8-4-5-11(16-10(3)18)6-12(8)14-7-13-15-9(2)17-19-13/h4-6,14H,7H2,1-3H3,(H,16,18). The number of aryl methyl sites for hydroxylation is 2. The van der Waals surface area contributed by atoms with Crippen molar-refractivity contribution in [3.05, 3.63) is 35.5 Å². The first kappa shape index (κ1) is 13.1. The molecule has 1 amide bonds. The number of rotatable bonds is 4. The number of aromatic nitrogens is 2. The van der Waals surface area contributed by atoms with E-state index in [-0.39, 0.29) is 5.91 Å². The number of carbonyl (C=O) groups is 1. The second-order valence-corrected chi connectivity index (χ2v) is 4.30. The molecule has 2 rings (SSSR count). The van der Waals surface area contributed by atoms with Gasteiger partial charge in [-0.05, 0) is 31.5 Å². The Balaban J connectivity index is 2.08. The topological polar surface area (TPSA) is 80.0 Å². The first-order chi connectivity index (χ1) is 9.04. The summed E-state index contributed by atoms with van der Waals surface area (Å²) in [5, 5.41) is 9.68. The largest absolute Gasteiger partial charge is 0.376 e. The highest BCUT2D eigenvalue weighted by atomic mass is 16.5. The smallest absolute Gasteiger partial charge is 0.245 e. The molecule has 2 aromatic rings. The van der Waals surface area contributed by atoms with Gasteiger partial charge in [0.25, 0.3) is 0 Å². The average molecular weight is 260 g/mol. The number of hydrogen-bond donors (Lipinski definition) is 2. The zero-order valence-corrected chi connectivity index (χ0v) is 11.2. The van der Waals surface area contributed by atoms with Crippen LogP contribution in [0.4, 0.5) is 11.4 Å². The molecular formula is C13H16N4O2. The molecule has 0 radical (unpaired) electrons. The van der Waals surface area contributed by atoms with Crippen molar-refractivity contribution in [2.75, 3.05) is 10.6 Å². The number of hydrogen-bond acceptors (Lipinski definition) is 5. The van der Waals surface area contributed by atoms with E-state index >= 15 is 0 Å². The zero-order chi connectivity index (χ0) is 13.8. The molecule has 0 aliphatic rings. The van der Waals surface area contributed by atoms with Crippen molar-refractivity contribution in [1.82, 2.24) is 10.1 Å². The Hall–Kier alpha value is -2.37. The molecule has 1 aromatic carbocycles. The fraction of sp³-hybridized carbons (Fsp3) is 0.308. The number of anilines is 2. The van der Waals surface area contributed by atoms with E-state index < -0.39 is 0 Å². The zero-order valence-electron chi connectivity index (χ0n) is 11.2. The average Bonchev–Trinajstić information content (AvgIpc) is 2.75. The highest BCUT2D eigenvalue weighted by Crippen LogP contribution is 2.20. The molecule has 6 heteroatoms. The van der Waals surface area contributed by atoms with Crippen molar-refractivity contribution in [2.45, 2.75) is 27.3 Å². The molecule has 1 aromatic heterocycles. The molecule has 0 unspecified atom stereocenters. The van der Waals surface area contributed by atoms with Crippen molar-refractivity contribution in [2.24, 2.45) is 0 Å². The van der Waals surface area contributed by atoms with Crippen LogP contribution in [0.1, 0.15) is 24.2 Å². The van der Waals surface area contributed by atoms with Gasteiger partial charge in [-0.1, -0.05) is 11.2 Å². The van der Waals surface area contributed by atoms with Crippen LogP contribution in [0.3, 0.4) is 0 Å². The lowest BCUT2D eigenvalue weighted by Gasteiger charge is -2.10. The van der Waals surface area contributed by atoms with Crippen LogP contribution in [0.2, 0.25) is 0 Å². The van der Waals surface area contributed by atoms with Crippen LogP contribution in [0.25, 0.3) is 0 Å². The monoisotopic (exact) mass is 260 g/mol. The predicted molar refractivity (Wildman–Crippen MR) is 71.8 cm³/mol. The second kappa shape index (κ2) is 5.51. The molecule has 6 nitrogen and oxygen atoms in total. The van der Waals surface area contributed by atoms with E-state index in [2.05, 4.69) is 20.8 Å². The number of amides is 1. The maximum atomic E-state index is 11.0. The van der Waals surface area contributed by atoms with Gasteiger partial charge in [-0.25, -0.2) is 0 Å². The van der Waals surface area contributed by atoms with E-state index in [1.54, 1.807) is 6.92 Å². The number of nitrogens with zero attached hydrogens (tertiary/aromatic N) is 2. The maximum absolute atomic E-state index is 11.0. The van der Waals surface area contributed by atoms with Crippen LogP contribution < -0.4 is 10.6 Å². The molecular weight excluding hydrogens is 244 g/mol. The Morgan fingerprint density at radius 1 is 1.37 bits per heavy atom. The van der Waals surface area contributed by atoms with Gasteiger partial charge in [0.05, 0.1) is 6.54 Å². The van der Waals surface area contributed by atoms with Gasteiger partial charge in [0.2, 0.25) is 11.8 Å². The van der Waals surface area contributed by atoms with Crippen LogP contribution in [-0.4, -0.2) is 16.0 Å². The van der Waals surface area contributed by atoms with Gasteiger partial charge in [-0.15, -0.1) is 0 Å². The Kier molecular flexibility index (Phi) is 3.79. The Bertz CT molecular complexity index is 592. The van der Waals surface area contributed by atoms with Crippen LogP contribution in [0.5, 0.6) is 0 Å². The third-order valence-corrected chi connectivity index (χ3v) is 2.56. The van der Waals surface area contributed by atoms with E-state index in [1.807, 2.05) is 25.1 Å². The summed E-state index contributed by atoms with van der Waals surface area (Å²) in [7, 11) is 0. The Labute approximate surface area is 111 Å². The summed E-state index contributed by atoms with van der Waals surface area (Å²) in [5.41, 5.74) is 2.75. The van der Waals surface area contributed by atoms with Gasteiger partial charge in [-0.3, -0.25) is 4.79 Å². The highest BCUT2D eigenvalue weighted by Gasteiger charge is 2.05. The number of nitrogens with one attached hydrogen (secondary N) is 2. The summed E-state index contributed by atoms with van der Waals surface area (Å²) >= 11 is 0. The van der Waals surface area contributed by atoms with Crippen LogP contribution in [0, 0.1) is 13.8 Å². The minimum Gasteiger partial charge on any atom is -0.376 e. The molecule has 0 saturated heterocycles. The molecule has 0 aliphatic heterocycles. The summed E-state index contributed by atoms with van der Waals surface area (Å²) in [6, 6.07) is 5.67. The Morgan fingerprint density at radius 3 is 2.79 bits per heavy atom. The van der Waals surface area contributed by atoms with Crippen molar-refractivity contribution >= 4 is 17.3 Å². The second-order valence-electron chi connectivity index (χ2n) is 4.30. The third-order valence-electron chi connectivity index (χ3n) is 2.56. The number of carbonyl (C=O) groups excluding carboxylic acids is 1. The lowest BCUT2D eigenvalue weighted by molar-refractivity contribution is -0.114. The minimum atomic E-state index is -0.0951. The van der Waals surface area contributed by atoms with Gasteiger partial charge < -0.3 is 15.2 Å². The summed E-state index contributed by atoms with van der Waals surface area (Å²) in [6.07, 6.45) is 0. The third kappa shape index (κ3) is 3.54. The number of benzene rings is 1. The van der Waals surface area contributed by atoms with E-state index in [9.17, 15) is 4.79 Å². The van der Waals surface area contributed by atoms with E-state index in [0.717, 1.165) is 16.9 Å². The molecule has 0 spiro atoms. The van der Waals surface area contributed by atoms with Crippen LogP contribution >= 0.6 is 0 Å². The van der Waals surface area contributed by atoms with Crippen molar-refractivity contribution < 1.29 is 9.32 Å². The van der Waals surface area contributed by atoms with Gasteiger partial charge in [0.1, 0.15) is 0 Å². The molecule has 0 saturated carbocycles. The summed E-state index contributed by atoms with van der Waals surface area (Å²) in [4.78, 5) is 15.1. The fourth-order valence-corrected chi connectivity index (χ4v) is 1.68. The molecule has 100 valence electrons. The normalized spacial score (nSPS) is 10.3. The first-order valence-corrected chi connectivity index (χ1v) is 5.96. The maximum Gasteiger partial charge on any atom is 0.245 e. The van der Waals surface area contributed by atoms with Crippen molar-refractivity contribution in [3.8, 4) is 0 Å². The molecule has 0 bridgehead atoms. The predicted octanol–water partition coefficient (Wildman–Crippen LogP) is 2.26. The minimum absolute atomic E-state index is 0.0951. The van der Waals surface area contributed by atoms with Crippen molar-refractivity contribution in [3.63, 3.8) is 0 Å². The summed E-state index contributed by atoms with van der Waals surface area (Å²) in [5.74, 6) is 1.05. The van der Waals surface area contributed by atoms with Crippen LogP contribution in [-0.2, 0) is 11.3 Å². The quantitative estimate of drug-likeness (QED) is 0.881. The Morgan fingerprint density at radius 2 is 2.16 bits per heavy atom. The summed E-state index contributed by atoms with van der Waals surface area (Å²) < 4.78 is 5.03. The van der Waals surface area contributed by atoms with E-state index in [4.69, 9.17) is 4.52 Å². The molecule has 0 fully saturated rings. The van der Waals surface area contributed by atoms with Crippen LogP contribution in [0.15, 0.2) is 22.7 Å². The lowest BCUT2D eigenvalue weighted by Crippen LogP contribution is -2.07. The van der Waals surface area contributed by atoms with E-state index in [1.165, 1.54) is 6.92 Å². The molecule has 0 aliphatic carbocycles. The van der Waals surface area contributed by atoms with Gasteiger partial charge >= 0.3 is 0 Å². The summed E-state index contributed by atoms with van der Waals surface area (Å²) in [6.45, 7) is 5.69. The van der Waals surface area contributed by atoms with E-state index in [0.29, 0.717) is 18.3 Å². The highest BCUT2D eigenvalue weighted by molar-refractivity contribution is 5.89. The molecule has 19 heavy (non-hydrogen) atoms.